The molecule has 0 bridgehead atoms. The van der Waals surface area contributed by atoms with Crippen molar-refractivity contribution in [1.82, 2.24) is 0 Å². The maximum atomic E-state index is 13.0. The molecule has 0 saturated heterocycles. The van der Waals surface area contributed by atoms with Crippen molar-refractivity contribution < 1.29 is 80.2 Å². The van der Waals surface area contributed by atoms with Gasteiger partial charge in [-0.1, -0.05) is 325 Å². The van der Waals surface area contributed by atoms with Crippen molar-refractivity contribution in [1.29, 1.82) is 0 Å². The van der Waals surface area contributed by atoms with Crippen molar-refractivity contribution >= 4 is 39.5 Å². The number of carbonyl (C=O) groups excluding carboxylic acids is 4. The number of carbonyl (C=O) groups is 4. The second-order valence-electron chi connectivity index (χ2n) is 28.7. The Labute approximate surface area is 575 Å². The van der Waals surface area contributed by atoms with Crippen LogP contribution in [0.5, 0.6) is 0 Å². The fourth-order valence-corrected chi connectivity index (χ4v) is 12.9. The zero-order valence-electron chi connectivity index (χ0n) is 61.6. The first-order chi connectivity index (χ1) is 45.1. The van der Waals surface area contributed by atoms with E-state index in [1.807, 2.05) is 0 Å². The van der Waals surface area contributed by atoms with E-state index in [2.05, 4.69) is 55.4 Å². The van der Waals surface area contributed by atoms with E-state index in [-0.39, 0.29) is 25.7 Å². The molecule has 0 aliphatic rings. The van der Waals surface area contributed by atoms with Gasteiger partial charge in [-0.2, -0.15) is 0 Å². The number of phosphoric acid groups is 2. The first-order valence-electron chi connectivity index (χ1n) is 38.7. The highest BCUT2D eigenvalue weighted by Gasteiger charge is 2.30. The zero-order valence-corrected chi connectivity index (χ0v) is 63.4. The third-order valence-corrected chi connectivity index (χ3v) is 19.6. The molecule has 0 aromatic rings. The molecule has 0 spiro atoms. The lowest BCUT2D eigenvalue weighted by Crippen LogP contribution is -2.30. The monoisotopic (exact) mass is 1380 g/mol. The van der Waals surface area contributed by atoms with Crippen LogP contribution in [-0.2, 0) is 65.4 Å². The third kappa shape index (κ3) is 67.3. The molecule has 3 N–H and O–H groups in total. The number of hydrogen-bond acceptors (Lipinski definition) is 15. The summed E-state index contributed by atoms with van der Waals surface area (Å²) in [5.74, 6) is 0.873. The Morgan fingerprint density at radius 2 is 0.511 bits per heavy atom. The largest absolute Gasteiger partial charge is 0.472 e. The summed E-state index contributed by atoms with van der Waals surface area (Å²) in [6.07, 6.45) is 48.9. The van der Waals surface area contributed by atoms with Gasteiger partial charge < -0.3 is 33.8 Å². The quantitative estimate of drug-likeness (QED) is 0.0222. The fourth-order valence-electron chi connectivity index (χ4n) is 11.3. The molecule has 94 heavy (non-hydrogen) atoms. The molecule has 19 heteroatoms. The fraction of sp³-hybridized carbons (Fsp3) is 0.947. The highest BCUT2D eigenvalue weighted by Crippen LogP contribution is 2.45. The summed E-state index contributed by atoms with van der Waals surface area (Å²) in [7, 11) is -9.91. The van der Waals surface area contributed by atoms with E-state index < -0.39 is 97.5 Å². The molecule has 0 amide bonds. The minimum absolute atomic E-state index is 0.102. The lowest BCUT2D eigenvalue weighted by Gasteiger charge is -2.21. The first-order valence-corrected chi connectivity index (χ1v) is 41.7. The number of aliphatic hydroxyl groups is 1. The van der Waals surface area contributed by atoms with Gasteiger partial charge in [-0.05, 0) is 49.4 Å². The number of rotatable bonds is 72. The molecule has 0 saturated carbocycles. The maximum absolute atomic E-state index is 13.0. The molecule has 0 fully saturated rings. The Kier molecular flexibility index (Phi) is 63.1. The van der Waals surface area contributed by atoms with E-state index in [9.17, 15) is 43.2 Å². The molecule has 558 valence electrons. The van der Waals surface area contributed by atoms with E-state index in [0.717, 1.165) is 114 Å². The lowest BCUT2D eigenvalue weighted by molar-refractivity contribution is -0.161. The van der Waals surface area contributed by atoms with Crippen molar-refractivity contribution in [2.45, 2.75) is 395 Å². The van der Waals surface area contributed by atoms with Gasteiger partial charge in [0.25, 0.3) is 0 Å². The second-order valence-corrected chi connectivity index (χ2v) is 31.6. The molecule has 3 unspecified atom stereocenters. The Morgan fingerprint density at radius 1 is 0.298 bits per heavy atom. The number of esters is 4. The Morgan fingerprint density at radius 3 is 0.755 bits per heavy atom. The van der Waals surface area contributed by atoms with Gasteiger partial charge in [-0.25, -0.2) is 9.13 Å². The number of aliphatic hydroxyl groups excluding tert-OH is 1. The van der Waals surface area contributed by atoms with E-state index >= 15 is 0 Å². The van der Waals surface area contributed by atoms with Crippen LogP contribution in [0.1, 0.15) is 376 Å². The molecule has 6 atom stereocenters. The summed E-state index contributed by atoms with van der Waals surface area (Å²) >= 11 is 0. The number of unbranched alkanes of at least 4 members (excludes halogenated alkanes) is 37. The third-order valence-electron chi connectivity index (χ3n) is 17.7. The molecule has 0 radical (unpaired) electrons. The van der Waals surface area contributed by atoms with Crippen molar-refractivity contribution in [2.75, 3.05) is 39.6 Å². The van der Waals surface area contributed by atoms with Crippen LogP contribution in [0.25, 0.3) is 0 Å². The minimum atomic E-state index is -4.96. The van der Waals surface area contributed by atoms with Crippen molar-refractivity contribution in [3.8, 4) is 0 Å². The molecule has 0 heterocycles. The Balaban J connectivity index is 5.17. The van der Waals surface area contributed by atoms with Crippen molar-refractivity contribution in [3.05, 3.63) is 0 Å². The molecule has 0 aliphatic carbocycles. The van der Waals surface area contributed by atoms with Crippen LogP contribution in [0.2, 0.25) is 0 Å². The minimum Gasteiger partial charge on any atom is -0.462 e. The van der Waals surface area contributed by atoms with Gasteiger partial charge in [0.15, 0.2) is 12.2 Å². The summed E-state index contributed by atoms with van der Waals surface area (Å²) in [6.45, 7) is 14.1. The van der Waals surface area contributed by atoms with Crippen LogP contribution in [0.3, 0.4) is 0 Å². The van der Waals surface area contributed by atoms with Gasteiger partial charge in [-0.15, -0.1) is 0 Å². The van der Waals surface area contributed by atoms with Gasteiger partial charge in [-0.3, -0.25) is 37.3 Å². The maximum Gasteiger partial charge on any atom is 0.472 e. The Hall–Kier alpha value is -1.94. The second kappa shape index (κ2) is 64.4. The molecule has 17 nitrogen and oxygen atoms in total. The summed E-state index contributed by atoms with van der Waals surface area (Å²) in [5.41, 5.74) is 0. The molecule has 0 aliphatic heterocycles. The zero-order chi connectivity index (χ0) is 69.6. The van der Waals surface area contributed by atoms with Crippen LogP contribution in [0.15, 0.2) is 0 Å². The SMILES string of the molecule is CCC(C)CCCCCCCCC(=O)OC[C@H](COP(=O)(O)OC[C@H](O)COP(=O)(O)OC[C@@H](COC(=O)CCCCCCCCCCCCCCCC(C)C)OC(=O)CCCCCCCCC(C)C)OC(=O)CCCCCCCCCCCCCCCCCCC(C)C. The van der Waals surface area contributed by atoms with Crippen LogP contribution in [0.4, 0.5) is 0 Å². The normalized spacial score (nSPS) is 14.4. The van der Waals surface area contributed by atoms with Crippen LogP contribution < -0.4 is 0 Å². The van der Waals surface area contributed by atoms with E-state index in [1.165, 1.54) is 173 Å². The molecule has 0 rings (SSSR count). The van der Waals surface area contributed by atoms with Crippen molar-refractivity contribution in [3.63, 3.8) is 0 Å². The van der Waals surface area contributed by atoms with Gasteiger partial charge in [0.2, 0.25) is 0 Å². The average molecular weight is 1380 g/mol. The van der Waals surface area contributed by atoms with E-state index in [1.54, 1.807) is 0 Å². The molecular formula is C75H146O17P2. The number of hydrogen-bond donors (Lipinski definition) is 3. The van der Waals surface area contributed by atoms with Crippen LogP contribution in [-0.4, -0.2) is 96.7 Å². The van der Waals surface area contributed by atoms with Crippen LogP contribution in [0, 0.1) is 23.7 Å². The predicted octanol–water partition coefficient (Wildman–Crippen LogP) is 21.7. The van der Waals surface area contributed by atoms with E-state index in [0.29, 0.717) is 31.6 Å². The smallest absolute Gasteiger partial charge is 0.462 e. The number of phosphoric ester groups is 2. The summed E-state index contributed by atoms with van der Waals surface area (Å²) in [5, 5.41) is 10.6. The van der Waals surface area contributed by atoms with Gasteiger partial charge in [0.05, 0.1) is 26.4 Å². The predicted molar refractivity (Wildman–Crippen MR) is 381 cm³/mol. The molecule has 0 aromatic heterocycles. The molecular weight excluding hydrogens is 1230 g/mol. The highest BCUT2D eigenvalue weighted by atomic mass is 31.2. The van der Waals surface area contributed by atoms with Crippen molar-refractivity contribution in [2.24, 2.45) is 23.7 Å². The highest BCUT2D eigenvalue weighted by molar-refractivity contribution is 7.47. The summed E-state index contributed by atoms with van der Waals surface area (Å²) in [4.78, 5) is 72.7. The number of ether oxygens (including phenoxy) is 4. The first kappa shape index (κ1) is 92.1. The summed E-state index contributed by atoms with van der Waals surface area (Å²) < 4.78 is 68.4. The molecule has 0 aromatic carbocycles. The van der Waals surface area contributed by atoms with E-state index in [4.69, 9.17) is 37.0 Å². The van der Waals surface area contributed by atoms with Gasteiger partial charge >= 0.3 is 39.5 Å². The Bertz CT molecular complexity index is 1850. The van der Waals surface area contributed by atoms with Gasteiger partial charge in [0, 0.05) is 25.7 Å². The topological polar surface area (TPSA) is 237 Å². The van der Waals surface area contributed by atoms with Gasteiger partial charge in [0.1, 0.15) is 19.3 Å². The average Bonchev–Trinajstić information content (AvgIpc) is 1.14. The van der Waals surface area contributed by atoms with Crippen LogP contribution >= 0.6 is 15.6 Å². The summed E-state index contributed by atoms with van der Waals surface area (Å²) in [6, 6.07) is 0. The standard InChI is InChI=1S/C75H146O17P2/c1-9-68(8)54-46-38-32-34-40-48-56-73(78)86-62-70(91-74(79)57-49-41-30-26-22-17-13-11-10-12-15-19-23-27-35-43-51-65(2)3)63-89-93(81,82)87-59-69(76)60-88-94(83,84)90-64-71(92-75(80)58-50-42-33-31-37-45-53-67(6)7)61-85-72(77)55-47-39-29-25-21-18-14-16-20-24-28-36-44-52-66(4)5/h65-71,76H,9-64H2,1-8H3,(H,81,82)(H,83,84)/t68?,69-,70+,71+/m0/s1. The lowest BCUT2D eigenvalue weighted by atomic mass is 10.00.